The van der Waals surface area contributed by atoms with Crippen molar-refractivity contribution in [1.82, 2.24) is 10.2 Å². The molecular weight excluding hydrogens is 230 g/mol. The number of carbonyl (C=O) groups is 2. The second kappa shape index (κ2) is 5.69. The Balaban J connectivity index is 2.03. The van der Waals surface area contributed by atoms with E-state index in [1.807, 2.05) is 11.8 Å². The first-order chi connectivity index (χ1) is 8.67. The Hall–Kier alpha value is -1.10. The second-order valence-electron chi connectivity index (χ2n) is 5.32. The first-order valence-corrected chi connectivity index (χ1v) is 6.94. The maximum atomic E-state index is 12.5. The third-order valence-corrected chi connectivity index (χ3v) is 4.27. The van der Waals surface area contributed by atoms with E-state index < -0.39 is 0 Å². The van der Waals surface area contributed by atoms with E-state index in [0.29, 0.717) is 32.0 Å². The zero-order valence-corrected chi connectivity index (χ0v) is 11.0. The molecule has 1 aliphatic heterocycles. The van der Waals surface area contributed by atoms with Gasteiger partial charge in [0.1, 0.15) is 0 Å². The van der Waals surface area contributed by atoms with Gasteiger partial charge in [-0.3, -0.25) is 9.59 Å². The summed E-state index contributed by atoms with van der Waals surface area (Å²) < 4.78 is 0. The molecule has 5 nitrogen and oxygen atoms in total. The topological polar surface area (TPSA) is 75.4 Å². The van der Waals surface area contributed by atoms with Gasteiger partial charge < -0.3 is 16.0 Å². The predicted octanol–water partition coefficient (Wildman–Crippen LogP) is 0.0984. The van der Waals surface area contributed by atoms with E-state index in [2.05, 4.69) is 5.32 Å². The van der Waals surface area contributed by atoms with Gasteiger partial charge in [-0.1, -0.05) is 6.42 Å². The SMILES string of the molecule is CCN(C(=O)C1CNC(=O)C1)C1CCCC1CN. The van der Waals surface area contributed by atoms with Crippen LogP contribution in [-0.4, -0.2) is 42.4 Å². The van der Waals surface area contributed by atoms with Crippen molar-refractivity contribution in [3.05, 3.63) is 0 Å². The first-order valence-electron chi connectivity index (χ1n) is 6.94. The van der Waals surface area contributed by atoms with Gasteiger partial charge in [0.15, 0.2) is 0 Å². The highest BCUT2D eigenvalue weighted by Crippen LogP contribution is 2.30. The van der Waals surface area contributed by atoms with Gasteiger partial charge in [0.2, 0.25) is 11.8 Å². The highest BCUT2D eigenvalue weighted by Gasteiger charge is 2.37. The second-order valence-corrected chi connectivity index (χ2v) is 5.32. The van der Waals surface area contributed by atoms with Gasteiger partial charge in [-0.25, -0.2) is 0 Å². The molecule has 0 aromatic carbocycles. The fraction of sp³-hybridized carbons (Fsp3) is 0.846. The largest absolute Gasteiger partial charge is 0.355 e. The number of nitrogens with zero attached hydrogens (tertiary/aromatic N) is 1. The van der Waals surface area contributed by atoms with Crippen molar-refractivity contribution in [2.24, 2.45) is 17.6 Å². The Morgan fingerprint density at radius 2 is 2.28 bits per heavy atom. The zero-order valence-electron chi connectivity index (χ0n) is 11.0. The van der Waals surface area contributed by atoms with Crippen molar-refractivity contribution >= 4 is 11.8 Å². The third-order valence-electron chi connectivity index (χ3n) is 4.27. The normalized spacial score (nSPS) is 31.4. The Morgan fingerprint density at radius 3 is 2.83 bits per heavy atom. The molecule has 3 atom stereocenters. The molecule has 18 heavy (non-hydrogen) atoms. The van der Waals surface area contributed by atoms with E-state index >= 15 is 0 Å². The minimum Gasteiger partial charge on any atom is -0.355 e. The summed E-state index contributed by atoms with van der Waals surface area (Å²) in [4.78, 5) is 25.6. The summed E-state index contributed by atoms with van der Waals surface area (Å²) in [5.74, 6) is 0.378. The van der Waals surface area contributed by atoms with Crippen LogP contribution in [0, 0.1) is 11.8 Å². The molecule has 0 aromatic rings. The number of nitrogens with two attached hydrogens (primary N) is 1. The zero-order chi connectivity index (χ0) is 13.1. The van der Waals surface area contributed by atoms with Gasteiger partial charge >= 0.3 is 0 Å². The van der Waals surface area contributed by atoms with Crippen LogP contribution in [0.25, 0.3) is 0 Å². The van der Waals surface area contributed by atoms with E-state index in [0.717, 1.165) is 19.3 Å². The van der Waals surface area contributed by atoms with Crippen LogP contribution < -0.4 is 11.1 Å². The van der Waals surface area contributed by atoms with Crippen LogP contribution in [0.4, 0.5) is 0 Å². The van der Waals surface area contributed by atoms with E-state index in [4.69, 9.17) is 5.73 Å². The van der Waals surface area contributed by atoms with Gasteiger partial charge in [-0.2, -0.15) is 0 Å². The Kier molecular flexibility index (Phi) is 4.22. The lowest BCUT2D eigenvalue weighted by Gasteiger charge is -2.33. The van der Waals surface area contributed by atoms with Gasteiger partial charge in [0.05, 0.1) is 5.92 Å². The van der Waals surface area contributed by atoms with Crippen LogP contribution in [0.3, 0.4) is 0 Å². The summed E-state index contributed by atoms with van der Waals surface area (Å²) >= 11 is 0. The lowest BCUT2D eigenvalue weighted by Crippen LogP contribution is -2.47. The van der Waals surface area contributed by atoms with Gasteiger partial charge in [0.25, 0.3) is 0 Å². The maximum Gasteiger partial charge on any atom is 0.228 e. The molecule has 1 heterocycles. The van der Waals surface area contributed by atoms with Crippen LogP contribution in [0.2, 0.25) is 0 Å². The Morgan fingerprint density at radius 1 is 1.50 bits per heavy atom. The Bertz CT molecular complexity index is 332. The molecule has 1 saturated heterocycles. The number of hydrogen-bond acceptors (Lipinski definition) is 3. The molecule has 5 heteroatoms. The lowest BCUT2D eigenvalue weighted by atomic mass is 9.99. The van der Waals surface area contributed by atoms with Crippen LogP contribution in [0.5, 0.6) is 0 Å². The highest BCUT2D eigenvalue weighted by molar-refractivity contribution is 5.89. The van der Waals surface area contributed by atoms with Crippen molar-refractivity contribution in [3.63, 3.8) is 0 Å². The molecule has 0 bridgehead atoms. The standard InChI is InChI=1S/C13H23N3O2/c1-2-16(11-5-3-4-9(11)7-14)13(18)10-6-12(17)15-8-10/h9-11H,2-8,14H2,1H3,(H,15,17). The molecule has 2 amide bonds. The molecule has 3 unspecified atom stereocenters. The summed E-state index contributed by atoms with van der Waals surface area (Å²) in [5.41, 5.74) is 5.79. The smallest absolute Gasteiger partial charge is 0.228 e. The van der Waals surface area contributed by atoms with E-state index in [9.17, 15) is 9.59 Å². The maximum absolute atomic E-state index is 12.5. The number of carbonyl (C=O) groups excluding carboxylic acids is 2. The molecule has 2 fully saturated rings. The predicted molar refractivity (Wildman–Crippen MR) is 68.7 cm³/mol. The van der Waals surface area contributed by atoms with E-state index in [1.54, 1.807) is 0 Å². The Labute approximate surface area is 108 Å². The quantitative estimate of drug-likeness (QED) is 0.746. The lowest BCUT2D eigenvalue weighted by molar-refractivity contribution is -0.138. The monoisotopic (exact) mass is 253 g/mol. The summed E-state index contributed by atoms with van der Waals surface area (Å²) in [7, 11) is 0. The molecule has 2 rings (SSSR count). The van der Waals surface area contributed by atoms with Crippen molar-refractivity contribution < 1.29 is 9.59 Å². The minimum absolute atomic E-state index is 0.00815. The van der Waals surface area contributed by atoms with E-state index in [1.165, 1.54) is 0 Å². The number of amides is 2. The van der Waals surface area contributed by atoms with Crippen molar-refractivity contribution in [3.8, 4) is 0 Å². The van der Waals surface area contributed by atoms with E-state index in [-0.39, 0.29) is 23.8 Å². The van der Waals surface area contributed by atoms with Crippen molar-refractivity contribution in [2.75, 3.05) is 19.6 Å². The third kappa shape index (κ3) is 2.51. The molecule has 2 aliphatic rings. The molecule has 1 saturated carbocycles. The number of hydrogen-bond donors (Lipinski definition) is 2. The molecule has 0 aromatic heterocycles. The molecule has 0 spiro atoms. The van der Waals surface area contributed by atoms with Gasteiger partial charge in [-0.15, -0.1) is 0 Å². The van der Waals surface area contributed by atoms with Crippen LogP contribution >= 0.6 is 0 Å². The molecular formula is C13H23N3O2. The minimum atomic E-state index is -0.170. The first kappa shape index (κ1) is 13.3. The summed E-state index contributed by atoms with van der Waals surface area (Å²) in [6.45, 7) is 3.86. The molecule has 102 valence electrons. The van der Waals surface area contributed by atoms with Crippen LogP contribution in [-0.2, 0) is 9.59 Å². The van der Waals surface area contributed by atoms with Gasteiger partial charge in [0, 0.05) is 25.6 Å². The van der Waals surface area contributed by atoms with Crippen molar-refractivity contribution in [2.45, 2.75) is 38.6 Å². The molecule has 0 radical (unpaired) electrons. The number of rotatable bonds is 4. The summed E-state index contributed by atoms with van der Waals surface area (Å²) in [6, 6.07) is 0.281. The average Bonchev–Trinajstić information content (AvgIpc) is 2.98. The summed E-state index contributed by atoms with van der Waals surface area (Å²) in [6.07, 6.45) is 3.66. The van der Waals surface area contributed by atoms with Crippen LogP contribution in [0.15, 0.2) is 0 Å². The average molecular weight is 253 g/mol. The molecule has 3 N–H and O–H groups in total. The fourth-order valence-electron chi connectivity index (χ4n) is 3.27. The molecule has 1 aliphatic carbocycles. The van der Waals surface area contributed by atoms with Crippen LogP contribution in [0.1, 0.15) is 32.6 Å². The summed E-state index contributed by atoms with van der Waals surface area (Å²) in [5, 5.41) is 2.73. The highest BCUT2D eigenvalue weighted by atomic mass is 16.2. The van der Waals surface area contributed by atoms with Gasteiger partial charge in [-0.05, 0) is 32.2 Å². The fourth-order valence-corrected chi connectivity index (χ4v) is 3.27. The van der Waals surface area contributed by atoms with Crippen molar-refractivity contribution in [1.29, 1.82) is 0 Å². The number of nitrogens with one attached hydrogen (secondary N) is 1.